The Morgan fingerprint density at radius 2 is 2.17 bits per heavy atom. The normalized spacial score (nSPS) is 19.6. The van der Waals surface area contributed by atoms with Crippen molar-refractivity contribution < 1.29 is 9.59 Å². The third-order valence-corrected chi connectivity index (χ3v) is 2.79. The van der Waals surface area contributed by atoms with Gasteiger partial charge in [-0.3, -0.25) is 9.59 Å². The molecule has 0 saturated carbocycles. The number of nitrogens with one attached hydrogen (secondary N) is 2. The lowest BCUT2D eigenvalue weighted by molar-refractivity contribution is -0.136. The van der Waals surface area contributed by atoms with E-state index >= 15 is 0 Å². The van der Waals surface area contributed by atoms with Crippen molar-refractivity contribution in [2.24, 2.45) is 11.0 Å². The lowest BCUT2D eigenvalue weighted by atomic mass is 9.98. The topological polar surface area (TPSA) is 70.6 Å². The molecule has 1 aliphatic rings. The molecule has 1 unspecified atom stereocenters. The molecule has 2 N–H and O–H groups in total. The Balaban J connectivity index is 1.88. The minimum Gasteiger partial charge on any atom is -0.355 e. The third kappa shape index (κ3) is 3.16. The fourth-order valence-corrected chi connectivity index (χ4v) is 1.81. The first-order chi connectivity index (χ1) is 8.77. The highest BCUT2D eigenvalue weighted by Gasteiger charge is 2.28. The molecule has 94 valence electrons. The SMILES string of the molecule is O=C1NCCCC1C(=O)N/N=C\c1ccccc1. The van der Waals surface area contributed by atoms with E-state index in [1.807, 2.05) is 30.3 Å². The van der Waals surface area contributed by atoms with Crippen LogP contribution in [-0.2, 0) is 9.59 Å². The summed E-state index contributed by atoms with van der Waals surface area (Å²) in [6, 6.07) is 9.43. The number of carbonyl (C=O) groups excluding carboxylic acids is 2. The molecule has 18 heavy (non-hydrogen) atoms. The van der Waals surface area contributed by atoms with Crippen LogP contribution in [-0.4, -0.2) is 24.6 Å². The second-order valence-electron chi connectivity index (χ2n) is 4.13. The van der Waals surface area contributed by atoms with Crippen LogP contribution in [0, 0.1) is 5.92 Å². The van der Waals surface area contributed by atoms with Gasteiger partial charge in [0.05, 0.1) is 6.21 Å². The van der Waals surface area contributed by atoms with E-state index in [-0.39, 0.29) is 11.8 Å². The molecule has 1 fully saturated rings. The molecular weight excluding hydrogens is 230 g/mol. The van der Waals surface area contributed by atoms with Gasteiger partial charge in [0.2, 0.25) is 5.91 Å². The van der Waals surface area contributed by atoms with Crippen molar-refractivity contribution in [1.82, 2.24) is 10.7 Å². The summed E-state index contributed by atoms with van der Waals surface area (Å²) in [5.41, 5.74) is 3.30. The summed E-state index contributed by atoms with van der Waals surface area (Å²) < 4.78 is 0. The monoisotopic (exact) mass is 245 g/mol. The molecule has 2 rings (SSSR count). The van der Waals surface area contributed by atoms with E-state index in [0.717, 1.165) is 12.0 Å². The van der Waals surface area contributed by atoms with Gasteiger partial charge in [0.25, 0.3) is 5.91 Å². The summed E-state index contributed by atoms with van der Waals surface area (Å²) in [6.45, 7) is 0.649. The van der Waals surface area contributed by atoms with Gasteiger partial charge in [-0.1, -0.05) is 30.3 Å². The quantitative estimate of drug-likeness (QED) is 0.466. The Morgan fingerprint density at radius 1 is 1.39 bits per heavy atom. The standard InChI is InChI=1S/C13H15N3O2/c17-12-11(7-4-8-14-12)13(18)16-15-9-10-5-2-1-3-6-10/h1-3,5-6,9,11H,4,7-8H2,(H,14,17)(H,16,18)/b15-9-. The van der Waals surface area contributed by atoms with E-state index in [0.29, 0.717) is 13.0 Å². The van der Waals surface area contributed by atoms with Gasteiger partial charge in [0, 0.05) is 6.54 Å². The van der Waals surface area contributed by atoms with Gasteiger partial charge in [-0.15, -0.1) is 0 Å². The van der Waals surface area contributed by atoms with Crippen LogP contribution in [0.5, 0.6) is 0 Å². The average Bonchev–Trinajstić information content (AvgIpc) is 2.40. The molecule has 0 spiro atoms. The van der Waals surface area contributed by atoms with Crippen molar-refractivity contribution >= 4 is 18.0 Å². The van der Waals surface area contributed by atoms with Gasteiger partial charge >= 0.3 is 0 Å². The number of carbonyl (C=O) groups is 2. The first-order valence-corrected chi connectivity index (χ1v) is 5.93. The van der Waals surface area contributed by atoms with Crippen molar-refractivity contribution in [3.8, 4) is 0 Å². The van der Waals surface area contributed by atoms with Crippen LogP contribution in [0.1, 0.15) is 18.4 Å². The molecule has 2 amide bonds. The van der Waals surface area contributed by atoms with Crippen molar-refractivity contribution in [2.75, 3.05) is 6.54 Å². The minimum absolute atomic E-state index is 0.214. The molecule has 1 aromatic rings. The lowest BCUT2D eigenvalue weighted by Gasteiger charge is -2.19. The smallest absolute Gasteiger partial charge is 0.252 e. The van der Waals surface area contributed by atoms with Gasteiger partial charge < -0.3 is 5.32 Å². The van der Waals surface area contributed by atoms with Crippen molar-refractivity contribution in [3.63, 3.8) is 0 Å². The fraction of sp³-hybridized carbons (Fsp3) is 0.308. The van der Waals surface area contributed by atoms with Crippen LogP contribution < -0.4 is 10.7 Å². The van der Waals surface area contributed by atoms with E-state index in [9.17, 15) is 9.59 Å². The summed E-state index contributed by atoms with van der Waals surface area (Å²) in [7, 11) is 0. The Bertz CT molecular complexity index is 457. The van der Waals surface area contributed by atoms with E-state index < -0.39 is 5.92 Å². The van der Waals surface area contributed by atoms with Crippen LogP contribution >= 0.6 is 0 Å². The van der Waals surface area contributed by atoms with Gasteiger partial charge in [-0.2, -0.15) is 5.10 Å². The summed E-state index contributed by atoms with van der Waals surface area (Å²) in [6.07, 6.45) is 2.96. The van der Waals surface area contributed by atoms with Crippen LogP contribution in [0.3, 0.4) is 0 Å². The molecule has 1 aliphatic heterocycles. The largest absolute Gasteiger partial charge is 0.355 e. The number of nitrogens with zero attached hydrogens (tertiary/aromatic N) is 1. The zero-order chi connectivity index (χ0) is 12.8. The van der Waals surface area contributed by atoms with Crippen LogP contribution in [0.25, 0.3) is 0 Å². The zero-order valence-electron chi connectivity index (χ0n) is 9.93. The van der Waals surface area contributed by atoms with Crippen molar-refractivity contribution in [2.45, 2.75) is 12.8 Å². The first-order valence-electron chi connectivity index (χ1n) is 5.93. The Kier molecular flexibility index (Phi) is 4.06. The number of piperidine rings is 1. The highest BCUT2D eigenvalue weighted by atomic mass is 16.2. The highest BCUT2D eigenvalue weighted by molar-refractivity contribution is 6.00. The number of benzene rings is 1. The number of hydrazone groups is 1. The van der Waals surface area contributed by atoms with Gasteiger partial charge in [-0.25, -0.2) is 5.43 Å². The maximum Gasteiger partial charge on any atom is 0.252 e. The van der Waals surface area contributed by atoms with Gasteiger partial charge in [-0.05, 0) is 18.4 Å². The molecule has 5 heteroatoms. The zero-order valence-corrected chi connectivity index (χ0v) is 9.93. The molecule has 0 aromatic heterocycles. The summed E-state index contributed by atoms with van der Waals surface area (Å²) in [5.74, 6) is -1.18. The fourth-order valence-electron chi connectivity index (χ4n) is 1.81. The molecule has 0 radical (unpaired) electrons. The van der Waals surface area contributed by atoms with E-state index in [1.54, 1.807) is 6.21 Å². The minimum atomic E-state index is -0.619. The number of hydrogen-bond acceptors (Lipinski definition) is 3. The van der Waals surface area contributed by atoms with Crippen molar-refractivity contribution in [3.05, 3.63) is 35.9 Å². The van der Waals surface area contributed by atoms with Crippen LogP contribution in [0.4, 0.5) is 0 Å². The number of rotatable bonds is 3. The first kappa shape index (κ1) is 12.3. The second kappa shape index (κ2) is 5.95. The van der Waals surface area contributed by atoms with Crippen molar-refractivity contribution in [1.29, 1.82) is 0 Å². The summed E-state index contributed by atoms with van der Waals surface area (Å²) in [5, 5.41) is 6.52. The maximum absolute atomic E-state index is 11.7. The molecule has 1 atom stereocenters. The Morgan fingerprint density at radius 3 is 2.89 bits per heavy atom. The van der Waals surface area contributed by atoms with E-state index in [2.05, 4.69) is 15.8 Å². The summed E-state index contributed by atoms with van der Waals surface area (Å²) in [4.78, 5) is 23.2. The van der Waals surface area contributed by atoms with E-state index in [1.165, 1.54) is 0 Å². The summed E-state index contributed by atoms with van der Waals surface area (Å²) >= 11 is 0. The number of hydrogen-bond donors (Lipinski definition) is 2. The third-order valence-electron chi connectivity index (χ3n) is 2.79. The Labute approximate surface area is 105 Å². The average molecular weight is 245 g/mol. The maximum atomic E-state index is 11.7. The molecule has 5 nitrogen and oxygen atoms in total. The van der Waals surface area contributed by atoms with Crippen LogP contribution in [0.2, 0.25) is 0 Å². The van der Waals surface area contributed by atoms with Gasteiger partial charge in [0.15, 0.2) is 0 Å². The predicted molar refractivity (Wildman–Crippen MR) is 67.9 cm³/mol. The second-order valence-corrected chi connectivity index (χ2v) is 4.13. The molecular formula is C13H15N3O2. The molecule has 1 heterocycles. The van der Waals surface area contributed by atoms with Gasteiger partial charge in [0.1, 0.15) is 5.92 Å². The lowest BCUT2D eigenvalue weighted by Crippen LogP contribution is -2.43. The van der Waals surface area contributed by atoms with Crippen LogP contribution in [0.15, 0.2) is 35.4 Å². The van der Waals surface area contributed by atoms with E-state index in [4.69, 9.17) is 0 Å². The highest BCUT2D eigenvalue weighted by Crippen LogP contribution is 2.11. The number of amides is 2. The Hall–Kier alpha value is -2.17. The predicted octanol–water partition coefficient (Wildman–Crippen LogP) is 0.663. The molecule has 1 aromatic carbocycles. The molecule has 0 aliphatic carbocycles. The molecule has 0 bridgehead atoms. The molecule has 1 saturated heterocycles.